The summed E-state index contributed by atoms with van der Waals surface area (Å²) in [5, 5.41) is 0.727. The van der Waals surface area contributed by atoms with Gasteiger partial charge in [-0.05, 0) is 24.0 Å². The lowest BCUT2D eigenvalue weighted by Gasteiger charge is -2.19. The predicted octanol–water partition coefficient (Wildman–Crippen LogP) is 1.98. The van der Waals surface area contributed by atoms with Crippen LogP contribution in [0.5, 0.6) is 0 Å². The molecule has 2 heterocycles. The summed E-state index contributed by atoms with van der Waals surface area (Å²) in [5.41, 5.74) is 7.61. The zero-order valence-corrected chi connectivity index (χ0v) is 11.1. The highest BCUT2D eigenvalue weighted by Gasteiger charge is 2.30. The van der Waals surface area contributed by atoms with Gasteiger partial charge in [-0.2, -0.15) is 0 Å². The van der Waals surface area contributed by atoms with Gasteiger partial charge in [-0.15, -0.1) is 11.8 Å². The van der Waals surface area contributed by atoms with E-state index in [2.05, 4.69) is 36.1 Å². The molecule has 3 rings (SSSR count). The Labute approximate surface area is 108 Å². The molecule has 0 aromatic heterocycles. The summed E-state index contributed by atoms with van der Waals surface area (Å²) in [5.74, 6) is 0.656. The first-order valence-corrected chi connectivity index (χ1v) is 7.33. The van der Waals surface area contributed by atoms with Gasteiger partial charge in [0.15, 0.2) is 0 Å². The number of hydrogen-bond donors (Lipinski definition) is 1. The summed E-state index contributed by atoms with van der Waals surface area (Å²) in [6.45, 7) is 5.71. The maximum atomic E-state index is 6.08. The van der Waals surface area contributed by atoms with Crippen LogP contribution < -0.4 is 5.73 Å². The molecule has 0 saturated carbocycles. The summed E-state index contributed by atoms with van der Waals surface area (Å²) >= 11 is 2.04. The molecule has 1 fully saturated rings. The number of rotatable bonds is 2. The first-order chi connectivity index (χ1) is 8.22. The molecule has 2 aliphatic rings. The summed E-state index contributed by atoms with van der Waals surface area (Å²) in [6, 6.07) is 9.18. The van der Waals surface area contributed by atoms with E-state index in [4.69, 9.17) is 5.73 Å². The van der Waals surface area contributed by atoms with Crippen LogP contribution in [0.15, 0.2) is 29.2 Å². The second kappa shape index (κ2) is 4.63. The number of nitrogens with zero attached hydrogens (tertiary/aromatic N) is 1. The fourth-order valence-corrected chi connectivity index (χ4v) is 4.26. The molecule has 0 bridgehead atoms. The normalized spacial score (nSPS) is 32.9. The Hall–Kier alpha value is -0.510. The monoisotopic (exact) mass is 248 g/mol. The van der Waals surface area contributed by atoms with E-state index in [1.54, 1.807) is 0 Å². The molecule has 2 nitrogen and oxygen atoms in total. The van der Waals surface area contributed by atoms with Crippen molar-refractivity contribution in [2.45, 2.75) is 29.5 Å². The maximum Gasteiger partial charge on any atom is 0.0263 e. The van der Waals surface area contributed by atoms with Gasteiger partial charge >= 0.3 is 0 Å². The molecule has 3 unspecified atom stereocenters. The number of benzene rings is 1. The predicted molar refractivity (Wildman–Crippen MR) is 73.4 cm³/mol. The van der Waals surface area contributed by atoms with Crippen molar-refractivity contribution in [3.63, 3.8) is 0 Å². The Balaban J connectivity index is 1.59. The minimum absolute atomic E-state index is 0.378. The van der Waals surface area contributed by atoms with Crippen molar-refractivity contribution in [3.05, 3.63) is 29.8 Å². The van der Waals surface area contributed by atoms with Crippen molar-refractivity contribution in [1.82, 2.24) is 4.90 Å². The van der Waals surface area contributed by atoms with Crippen LogP contribution in [0, 0.1) is 5.92 Å². The molecule has 1 aromatic carbocycles. The Bertz CT molecular complexity index is 372. The maximum absolute atomic E-state index is 6.08. The molecule has 92 valence electrons. The average molecular weight is 248 g/mol. The molecule has 1 aromatic rings. The molecule has 2 aliphatic heterocycles. The molecule has 2 N–H and O–H groups in total. The van der Waals surface area contributed by atoms with E-state index in [1.807, 2.05) is 11.8 Å². The Morgan fingerprint density at radius 1 is 1.35 bits per heavy atom. The van der Waals surface area contributed by atoms with Crippen LogP contribution in [0.2, 0.25) is 0 Å². The first kappa shape index (κ1) is 11.6. The molecule has 0 aliphatic carbocycles. The molecule has 3 atom stereocenters. The lowest BCUT2D eigenvalue weighted by Crippen LogP contribution is -2.32. The third kappa shape index (κ3) is 2.37. The Morgan fingerprint density at radius 3 is 2.88 bits per heavy atom. The highest BCUT2D eigenvalue weighted by atomic mass is 32.2. The second-order valence-electron chi connectivity index (χ2n) is 5.41. The standard InChI is InChI=1S/C14H20N2S/c1-10-7-16(9-13(10)15)8-12-6-11-4-2-3-5-14(11)17-12/h2-5,10,12-13H,6-9,15H2,1H3. The summed E-state index contributed by atoms with van der Waals surface area (Å²) in [7, 11) is 0. The van der Waals surface area contributed by atoms with Gasteiger partial charge in [0.1, 0.15) is 0 Å². The lowest BCUT2D eigenvalue weighted by molar-refractivity contribution is 0.327. The van der Waals surface area contributed by atoms with Crippen molar-refractivity contribution in [3.8, 4) is 0 Å². The van der Waals surface area contributed by atoms with Gasteiger partial charge in [-0.3, -0.25) is 0 Å². The van der Waals surface area contributed by atoms with E-state index in [-0.39, 0.29) is 0 Å². The van der Waals surface area contributed by atoms with Gasteiger partial charge < -0.3 is 10.6 Å². The van der Waals surface area contributed by atoms with Crippen molar-refractivity contribution < 1.29 is 0 Å². The second-order valence-corrected chi connectivity index (χ2v) is 6.75. The van der Waals surface area contributed by atoms with E-state index in [0.29, 0.717) is 12.0 Å². The molecular weight excluding hydrogens is 228 g/mol. The van der Waals surface area contributed by atoms with Crippen LogP contribution in [0.1, 0.15) is 12.5 Å². The molecule has 0 radical (unpaired) electrons. The molecule has 3 heteroatoms. The van der Waals surface area contributed by atoms with Gasteiger partial charge in [0.2, 0.25) is 0 Å². The van der Waals surface area contributed by atoms with Crippen LogP contribution in [0.3, 0.4) is 0 Å². The minimum atomic E-state index is 0.378. The first-order valence-electron chi connectivity index (χ1n) is 6.45. The third-order valence-electron chi connectivity index (χ3n) is 3.92. The van der Waals surface area contributed by atoms with Crippen molar-refractivity contribution >= 4 is 11.8 Å². The SMILES string of the molecule is CC1CN(CC2Cc3ccccc3S2)CC1N. The van der Waals surface area contributed by atoms with Crippen LogP contribution in [0.4, 0.5) is 0 Å². The fraction of sp³-hybridized carbons (Fsp3) is 0.571. The highest BCUT2D eigenvalue weighted by molar-refractivity contribution is 8.00. The van der Waals surface area contributed by atoms with Gasteiger partial charge in [0, 0.05) is 35.8 Å². The van der Waals surface area contributed by atoms with E-state index in [0.717, 1.165) is 11.8 Å². The zero-order valence-electron chi connectivity index (χ0n) is 10.3. The topological polar surface area (TPSA) is 29.3 Å². The molecule has 0 amide bonds. The lowest BCUT2D eigenvalue weighted by atomic mass is 10.1. The number of nitrogens with two attached hydrogens (primary N) is 1. The highest BCUT2D eigenvalue weighted by Crippen LogP contribution is 2.37. The molecule has 0 spiro atoms. The van der Waals surface area contributed by atoms with Gasteiger partial charge in [0.25, 0.3) is 0 Å². The summed E-state index contributed by atoms with van der Waals surface area (Å²) in [4.78, 5) is 4.02. The number of hydrogen-bond acceptors (Lipinski definition) is 3. The van der Waals surface area contributed by atoms with E-state index < -0.39 is 0 Å². The van der Waals surface area contributed by atoms with E-state index in [9.17, 15) is 0 Å². The largest absolute Gasteiger partial charge is 0.326 e. The van der Waals surface area contributed by atoms with Crippen molar-refractivity contribution in [2.24, 2.45) is 11.7 Å². The van der Waals surface area contributed by atoms with Crippen LogP contribution in [0.25, 0.3) is 0 Å². The van der Waals surface area contributed by atoms with Gasteiger partial charge in [-0.25, -0.2) is 0 Å². The molecule has 1 saturated heterocycles. The smallest absolute Gasteiger partial charge is 0.0263 e. The summed E-state index contributed by atoms with van der Waals surface area (Å²) < 4.78 is 0. The van der Waals surface area contributed by atoms with E-state index in [1.165, 1.54) is 30.0 Å². The Morgan fingerprint density at radius 2 is 2.18 bits per heavy atom. The number of likely N-dealkylation sites (tertiary alicyclic amines) is 1. The zero-order chi connectivity index (χ0) is 11.8. The fourth-order valence-electron chi connectivity index (χ4n) is 2.89. The van der Waals surface area contributed by atoms with Crippen LogP contribution in [-0.4, -0.2) is 35.8 Å². The van der Waals surface area contributed by atoms with Gasteiger partial charge in [-0.1, -0.05) is 25.1 Å². The van der Waals surface area contributed by atoms with E-state index >= 15 is 0 Å². The summed E-state index contributed by atoms with van der Waals surface area (Å²) in [6.07, 6.45) is 1.22. The average Bonchev–Trinajstić information content (AvgIpc) is 2.83. The Kier molecular flexibility index (Phi) is 3.16. The third-order valence-corrected chi connectivity index (χ3v) is 5.22. The number of thioether (sulfide) groups is 1. The minimum Gasteiger partial charge on any atom is -0.326 e. The van der Waals surface area contributed by atoms with Gasteiger partial charge in [0.05, 0.1) is 0 Å². The number of fused-ring (bicyclic) bond motifs is 1. The van der Waals surface area contributed by atoms with Crippen molar-refractivity contribution in [1.29, 1.82) is 0 Å². The molecular formula is C14H20N2S. The quantitative estimate of drug-likeness (QED) is 0.868. The van der Waals surface area contributed by atoms with Crippen LogP contribution in [-0.2, 0) is 6.42 Å². The van der Waals surface area contributed by atoms with Crippen LogP contribution >= 0.6 is 11.8 Å². The molecule has 17 heavy (non-hydrogen) atoms. The van der Waals surface area contributed by atoms with Crippen molar-refractivity contribution in [2.75, 3.05) is 19.6 Å².